The van der Waals surface area contributed by atoms with Gasteiger partial charge in [-0.05, 0) is 29.8 Å². The molecule has 0 spiro atoms. The summed E-state index contributed by atoms with van der Waals surface area (Å²) in [5.74, 6) is -14.0. The van der Waals surface area contributed by atoms with Crippen molar-refractivity contribution < 1.29 is 44.7 Å². The molecule has 2 atom stereocenters. The van der Waals surface area contributed by atoms with Crippen LogP contribution in [-0.2, 0) is 4.79 Å². The second-order valence-corrected chi connectivity index (χ2v) is 9.55. The molecular formula is C21H12Cl3F8NO2. The zero-order valence-electron chi connectivity index (χ0n) is 16.9. The van der Waals surface area contributed by atoms with Crippen molar-refractivity contribution in [2.24, 2.45) is 5.92 Å². The van der Waals surface area contributed by atoms with Crippen LogP contribution in [0.3, 0.4) is 0 Å². The fourth-order valence-electron chi connectivity index (χ4n) is 3.43. The van der Waals surface area contributed by atoms with Crippen molar-refractivity contribution in [2.75, 3.05) is 5.32 Å². The van der Waals surface area contributed by atoms with Crippen molar-refractivity contribution in [1.29, 1.82) is 0 Å². The van der Waals surface area contributed by atoms with E-state index in [0.29, 0.717) is 12.1 Å². The Hall–Kier alpha value is -2.11. The van der Waals surface area contributed by atoms with Crippen LogP contribution in [-0.4, -0.2) is 28.1 Å². The SMILES string of the molecule is O=C(CCC(F)(F)C(F)(F)F)c1c(F)ccc(NC(=O)C2C(c3ccc(F)c(Cl)c3)C2(Cl)Cl)c1F. The largest absolute Gasteiger partial charge is 0.453 e. The van der Waals surface area contributed by atoms with Gasteiger partial charge in [0.25, 0.3) is 0 Å². The highest BCUT2D eigenvalue weighted by atomic mass is 35.5. The van der Waals surface area contributed by atoms with Crippen LogP contribution in [0.2, 0.25) is 5.02 Å². The summed E-state index contributed by atoms with van der Waals surface area (Å²) in [5, 5.41) is 1.76. The summed E-state index contributed by atoms with van der Waals surface area (Å²) in [6, 6.07) is 4.69. The normalized spacial score (nSPS) is 19.4. The molecule has 2 aromatic rings. The first-order chi connectivity index (χ1) is 16.0. The maximum atomic E-state index is 14.8. The Morgan fingerprint density at radius 1 is 0.971 bits per heavy atom. The number of hydrogen-bond donors (Lipinski definition) is 1. The summed E-state index contributed by atoms with van der Waals surface area (Å²) in [7, 11) is 0. The van der Waals surface area contributed by atoms with E-state index in [-0.39, 0.29) is 10.6 Å². The minimum absolute atomic E-state index is 0.276. The van der Waals surface area contributed by atoms with Gasteiger partial charge in [-0.25, -0.2) is 13.2 Å². The first-order valence-electron chi connectivity index (χ1n) is 9.58. The standard InChI is InChI=1S/C21H12Cl3F8NO2/c22-9-7-8(1-2-10(9)25)15-16(20(15,23)24)18(35)33-12-4-3-11(26)14(17(12)27)13(34)5-6-19(28,29)21(30,31)32/h1-4,7,15-16H,5-6H2,(H,33,35). The van der Waals surface area contributed by atoms with Gasteiger partial charge in [0.15, 0.2) is 11.6 Å². The second-order valence-electron chi connectivity index (χ2n) is 7.70. The average Bonchev–Trinajstić information content (AvgIpc) is 3.32. The second kappa shape index (κ2) is 9.40. The van der Waals surface area contributed by atoms with Gasteiger partial charge in [0.1, 0.15) is 16.0 Å². The van der Waals surface area contributed by atoms with E-state index >= 15 is 0 Å². The van der Waals surface area contributed by atoms with Crippen molar-refractivity contribution in [1.82, 2.24) is 0 Å². The number of amides is 1. The molecule has 190 valence electrons. The van der Waals surface area contributed by atoms with E-state index in [0.717, 1.165) is 6.07 Å². The number of carbonyl (C=O) groups excluding carboxylic acids is 2. The van der Waals surface area contributed by atoms with E-state index in [1.807, 2.05) is 5.32 Å². The lowest BCUT2D eigenvalue weighted by atomic mass is 10.0. The summed E-state index contributed by atoms with van der Waals surface area (Å²) in [6.07, 6.45) is -9.51. The maximum Gasteiger partial charge on any atom is 0.453 e. The van der Waals surface area contributed by atoms with Crippen LogP contribution in [0, 0.1) is 23.4 Å². The zero-order valence-corrected chi connectivity index (χ0v) is 19.2. The van der Waals surface area contributed by atoms with Gasteiger partial charge in [-0.15, -0.1) is 23.2 Å². The van der Waals surface area contributed by atoms with Crippen molar-refractivity contribution in [2.45, 2.75) is 35.2 Å². The van der Waals surface area contributed by atoms with Crippen LogP contribution in [0.1, 0.15) is 34.7 Å². The number of nitrogens with one attached hydrogen (secondary N) is 1. The number of rotatable bonds is 7. The third kappa shape index (κ3) is 5.36. The van der Waals surface area contributed by atoms with Crippen molar-refractivity contribution in [3.05, 3.63) is 63.9 Å². The Morgan fingerprint density at radius 2 is 1.57 bits per heavy atom. The van der Waals surface area contributed by atoms with Crippen molar-refractivity contribution in [3.63, 3.8) is 0 Å². The first-order valence-corrected chi connectivity index (χ1v) is 10.7. The van der Waals surface area contributed by atoms with E-state index in [4.69, 9.17) is 34.8 Å². The quantitative estimate of drug-likeness (QED) is 0.214. The van der Waals surface area contributed by atoms with Crippen molar-refractivity contribution >= 4 is 52.2 Å². The molecule has 0 aliphatic heterocycles. The molecule has 0 radical (unpaired) electrons. The van der Waals surface area contributed by atoms with Gasteiger partial charge in [0, 0.05) is 18.8 Å². The minimum atomic E-state index is -5.95. The summed E-state index contributed by atoms with van der Waals surface area (Å²) in [6.45, 7) is 0. The molecule has 0 heterocycles. The Bertz CT molecular complexity index is 1190. The molecule has 35 heavy (non-hydrogen) atoms. The van der Waals surface area contributed by atoms with Crippen LogP contribution >= 0.6 is 34.8 Å². The molecule has 0 bridgehead atoms. The summed E-state index contributed by atoms with van der Waals surface area (Å²) < 4.78 is 104. The lowest BCUT2D eigenvalue weighted by Crippen LogP contribution is -2.36. The van der Waals surface area contributed by atoms with Gasteiger partial charge < -0.3 is 5.32 Å². The van der Waals surface area contributed by atoms with E-state index in [2.05, 4.69) is 0 Å². The van der Waals surface area contributed by atoms with Gasteiger partial charge in [-0.2, -0.15) is 22.0 Å². The number of halogens is 11. The third-order valence-electron chi connectivity index (χ3n) is 5.35. The molecule has 1 amide bonds. The van der Waals surface area contributed by atoms with Crippen LogP contribution in [0.25, 0.3) is 0 Å². The van der Waals surface area contributed by atoms with E-state index in [9.17, 15) is 44.7 Å². The molecule has 0 aromatic heterocycles. The molecule has 2 aromatic carbocycles. The number of carbonyl (C=O) groups is 2. The van der Waals surface area contributed by atoms with Crippen molar-refractivity contribution in [3.8, 4) is 0 Å². The Morgan fingerprint density at radius 3 is 2.14 bits per heavy atom. The van der Waals surface area contributed by atoms with E-state index in [1.165, 1.54) is 12.1 Å². The molecule has 3 rings (SSSR count). The van der Waals surface area contributed by atoms with E-state index in [1.54, 1.807) is 0 Å². The fraction of sp³-hybridized carbons (Fsp3) is 0.333. The number of anilines is 1. The van der Waals surface area contributed by atoms with Crippen LogP contribution in [0.15, 0.2) is 30.3 Å². The fourth-order valence-corrected chi connectivity index (χ4v) is 4.44. The monoisotopic (exact) mass is 567 g/mol. The number of benzene rings is 2. The molecular weight excluding hydrogens is 557 g/mol. The molecule has 1 aliphatic carbocycles. The molecule has 3 nitrogen and oxygen atoms in total. The van der Waals surface area contributed by atoms with Crippen LogP contribution in [0.5, 0.6) is 0 Å². The predicted octanol–water partition coefficient (Wildman–Crippen LogP) is 7.44. The molecule has 1 N–H and O–H groups in total. The lowest BCUT2D eigenvalue weighted by Gasteiger charge is -2.19. The highest BCUT2D eigenvalue weighted by Gasteiger charge is 2.67. The molecule has 14 heteroatoms. The summed E-state index contributed by atoms with van der Waals surface area (Å²) in [4.78, 5) is 24.7. The maximum absolute atomic E-state index is 14.8. The highest BCUT2D eigenvalue weighted by Crippen LogP contribution is 2.65. The number of Topliss-reactive ketones (excluding diaryl/α,β-unsaturated/α-hetero) is 1. The molecule has 2 unspecified atom stereocenters. The lowest BCUT2D eigenvalue weighted by molar-refractivity contribution is -0.283. The Balaban J connectivity index is 1.79. The zero-order chi connectivity index (χ0) is 26.5. The molecule has 1 aliphatic rings. The van der Waals surface area contributed by atoms with Crippen LogP contribution < -0.4 is 5.32 Å². The van der Waals surface area contributed by atoms with Gasteiger partial charge in [-0.1, -0.05) is 17.7 Å². The summed E-state index contributed by atoms with van der Waals surface area (Å²) >= 11 is 18.0. The smallest absolute Gasteiger partial charge is 0.323 e. The van der Waals surface area contributed by atoms with Gasteiger partial charge in [0.2, 0.25) is 5.91 Å². The van der Waals surface area contributed by atoms with Gasteiger partial charge in [0.05, 0.1) is 22.2 Å². The minimum Gasteiger partial charge on any atom is -0.323 e. The highest BCUT2D eigenvalue weighted by molar-refractivity contribution is 6.53. The van der Waals surface area contributed by atoms with Gasteiger partial charge >= 0.3 is 12.1 Å². The molecule has 1 saturated carbocycles. The Labute approximate surface area is 207 Å². The topological polar surface area (TPSA) is 46.2 Å². The number of hydrogen-bond acceptors (Lipinski definition) is 2. The molecule has 1 fully saturated rings. The Kier molecular flexibility index (Phi) is 7.38. The average molecular weight is 569 g/mol. The number of ketones is 1. The predicted molar refractivity (Wildman–Crippen MR) is 112 cm³/mol. The van der Waals surface area contributed by atoms with Crippen LogP contribution in [0.4, 0.5) is 40.8 Å². The third-order valence-corrected chi connectivity index (χ3v) is 6.58. The van der Waals surface area contributed by atoms with Gasteiger partial charge in [-0.3, -0.25) is 9.59 Å². The molecule has 0 saturated heterocycles. The number of alkyl halides is 7. The first kappa shape index (κ1) is 27.5. The van der Waals surface area contributed by atoms with E-state index < -0.39 is 81.5 Å². The summed E-state index contributed by atoms with van der Waals surface area (Å²) in [5.41, 5.74) is -1.89.